The second kappa shape index (κ2) is 9.46. The number of likely N-dealkylation sites (N-methyl/N-ethyl adjacent to an activating group) is 1. The molecule has 0 radical (unpaired) electrons. The van der Waals surface area contributed by atoms with E-state index in [9.17, 15) is 14.0 Å². The van der Waals surface area contributed by atoms with Crippen molar-refractivity contribution in [3.8, 4) is 0 Å². The Balaban J connectivity index is 1.43. The molecule has 0 spiro atoms. The van der Waals surface area contributed by atoms with E-state index in [4.69, 9.17) is 0 Å². The largest absolute Gasteiger partial charge is 0.355 e. The first-order chi connectivity index (χ1) is 13.5. The first-order valence-corrected chi connectivity index (χ1v) is 9.61. The molecule has 2 aromatic carbocycles. The summed E-state index contributed by atoms with van der Waals surface area (Å²) in [5.74, 6) is -0.774. The summed E-state index contributed by atoms with van der Waals surface area (Å²) in [4.78, 5) is 26.7. The van der Waals surface area contributed by atoms with Gasteiger partial charge in [-0.15, -0.1) is 0 Å². The number of hydrogen-bond donors (Lipinski definition) is 2. The van der Waals surface area contributed by atoms with Crippen molar-refractivity contribution in [3.63, 3.8) is 0 Å². The summed E-state index contributed by atoms with van der Waals surface area (Å²) < 4.78 is 13.3. The Morgan fingerprint density at radius 3 is 2.68 bits per heavy atom. The van der Waals surface area contributed by atoms with Crippen LogP contribution in [0.25, 0.3) is 0 Å². The number of nitrogens with zero attached hydrogens (tertiary/aromatic N) is 1. The van der Waals surface area contributed by atoms with E-state index in [0.717, 1.165) is 12.8 Å². The Bertz CT molecular complexity index is 812. The first kappa shape index (κ1) is 20.0. The summed E-state index contributed by atoms with van der Waals surface area (Å²) in [5.41, 5.74) is 1.55. The minimum absolute atomic E-state index is 0.0157. The highest BCUT2D eigenvalue weighted by atomic mass is 19.1. The van der Waals surface area contributed by atoms with Crippen LogP contribution in [0, 0.1) is 5.82 Å². The number of rotatable bonds is 7. The van der Waals surface area contributed by atoms with Crippen molar-refractivity contribution in [1.29, 1.82) is 0 Å². The zero-order valence-corrected chi connectivity index (χ0v) is 16.0. The first-order valence-electron chi connectivity index (χ1n) is 9.61. The van der Waals surface area contributed by atoms with Gasteiger partial charge in [0.05, 0.1) is 6.04 Å². The smallest absolute Gasteiger partial charge is 0.251 e. The Morgan fingerprint density at radius 1 is 1.14 bits per heavy atom. The maximum atomic E-state index is 13.3. The highest BCUT2D eigenvalue weighted by molar-refractivity contribution is 5.94. The van der Waals surface area contributed by atoms with Crippen molar-refractivity contribution in [2.24, 2.45) is 0 Å². The predicted octanol–water partition coefficient (Wildman–Crippen LogP) is 2.38. The molecule has 0 aromatic heterocycles. The molecule has 1 fully saturated rings. The van der Waals surface area contributed by atoms with Gasteiger partial charge in [0.2, 0.25) is 5.91 Å². The zero-order valence-electron chi connectivity index (χ0n) is 16.0. The van der Waals surface area contributed by atoms with Gasteiger partial charge >= 0.3 is 0 Å². The fraction of sp³-hybridized carbons (Fsp3) is 0.364. The number of nitrogens with one attached hydrogen (secondary N) is 2. The predicted molar refractivity (Wildman–Crippen MR) is 106 cm³/mol. The van der Waals surface area contributed by atoms with Crippen molar-refractivity contribution in [2.75, 3.05) is 20.1 Å². The van der Waals surface area contributed by atoms with Gasteiger partial charge in [-0.3, -0.25) is 14.5 Å². The highest BCUT2D eigenvalue weighted by Crippen LogP contribution is 2.17. The van der Waals surface area contributed by atoms with Gasteiger partial charge in [0.1, 0.15) is 5.82 Å². The molecule has 5 nitrogen and oxygen atoms in total. The second-order valence-electron chi connectivity index (χ2n) is 7.25. The quantitative estimate of drug-likeness (QED) is 0.722. The van der Waals surface area contributed by atoms with Crippen LogP contribution in [-0.4, -0.2) is 48.9 Å². The molecule has 1 saturated heterocycles. The standard InChI is InChI=1S/C22H26FN3O2/c1-26-15-19(25-21(27)17-10-5-11-18(23)13-17)14-20(26)22(28)24-12-6-9-16-7-3-2-4-8-16/h2-5,7-8,10-11,13,19-20H,6,9,12,14-15H2,1H3,(H,24,28)(H,25,27)/t19-,20-/m0/s1. The molecule has 1 heterocycles. The van der Waals surface area contributed by atoms with Crippen LogP contribution in [0.5, 0.6) is 0 Å². The van der Waals surface area contributed by atoms with Gasteiger partial charge in [-0.1, -0.05) is 36.4 Å². The van der Waals surface area contributed by atoms with Gasteiger partial charge < -0.3 is 10.6 Å². The molecule has 0 bridgehead atoms. The SMILES string of the molecule is CN1C[C@@H](NC(=O)c2cccc(F)c2)C[C@H]1C(=O)NCCCc1ccccc1. The second-order valence-corrected chi connectivity index (χ2v) is 7.25. The average molecular weight is 383 g/mol. The third kappa shape index (κ3) is 5.39. The molecular formula is C22H26FN3O2. The Kier molecular flexibility index (Phi) is 6.76. The van der Waals surface area contributed by atoms with E-state index in [-0.39, 0.29) is 29.5 Å². The van der Waals surface area contributed by atoms with Crippen LogP contribution in [0.1, 0.15) is 28.8 Å². The van der Waals surface area contributed by atoms with Gasteiger partial charge in [-0.25, -0.2) is 4.39 Å². The number of aryl methyl sites for hydroxylation is 1. The maximum absolute atomic E-state index is 13.3. The topological polar surface area (TPSA) is 61.4 Å². The van der Waals surface area contributed by atoms with Crippen molar-refractivity contribution in [1.82, 2.24) is 15.5 Å². The number of carbonyl (C=O) groups excluding carboxylic acids is 2. The van der Waals surface area contributed by atoms with Crippen LogP contribution >= 0.6 is 0 Å². The van der Waals surface area contributed by atoms with Crippen molar-refractivity contribution in [2.45, 2.75) is 31.3 Å². The Labute approximate surface area is 164 Å². The molecule has 2 N–H and O–H groups in total. The summed E-state index contributed by atoms with van der Waals surface area (Å²) in [7, 11) is 1.88. The molecule has 3 rings (SSSR count). The molecule has 1 aliphatic heterocycles. The zero-order chi connectivity index (χ0) is 19.9. The lowest BCUT2D eigenvalue weighted by Crippen LogP contribution is -2.41. The lowest BCUT2D eigenvalue weighted by molar-refractivity contribution is -0.125. The van der Waals surface area contributed by atoms with Crippen LogP contribution in [0.2, 0.25) is 0 Å². The summed E-state index contributed by atoms with van der Waals surface area (Å²) in [6, 6.07) is 15.4. The van der Waals surface area contributed by atoms with Gasteiger partial charge in [0.15, 0.2) is 0 Å². The highest BCUT2D eigenvalue weighted by Gasteiger charge is 2.35. The fourth-order valence-electron chi connectivity index (χ4n) is 3.58. The van der Waals surface area contributed by atoms with Crippen molar-refractivity contribution < 1.29 is 14.0 Å². The van der Waals surface area contributed by atoms with Crippen LogP contribution in [0.15, 0.2) is 54.6 Å². The van der Waals surface area contributed by atoms with E-state index >= 15 is 0 Å². The number of benzene rings is 2. The molecule has 28 heavy (non-hydrogen) atoms. The summed E-state index contributed by atoms with van der Waals surface area (Å²) in [6.07, 6.45) is 2.35. The molecule has 0 unspecified atom stereocenters. The average Bonchev–Trinajstić information content (AvgIpc) is 3.06. The summed E-state index contributed by atoms with van der Waals surface area (Å²) in [5, 5.41) is 5.89. The van der Waals surface area contributed by atoms with E-state index in [2.05, 4.69) is 22.8 Å². The van der Waals surface area contributed by atoms with Crippen LogP contribution in [0.3, 0.4) is 0 Å². The minimum atomic E-state index is -0.441. The maximum Gasteiger partial charge on any atom is 0.251 e. The van der Waals surface area contributed by atoms with Crippen LogP contribution in [0.4, 0.5) is 4.39 Å². The van der Waals surface area contributed by atoms with E-state index in [1.165, 1.54) is 23.8 Å². The van der Waals surface area contributed by atoms with Crippen LogP contribution < -0.4 is 10.6 Å². The molecule has 2 atom stereocenters. The molecule has 2 aromatic rings. The third-order valence-electron chi connectivity index (χ3n) is 5.06. The Morgan fingerprint density at radius 2 is 1.93 bits per heavy atom. The molecule has 2 amide bonds. The van der Waals surface area contributed by atoms with Gasteiger partial charge in [0.25, 0.3) is 5.91 Å². The van der Waals surface area contributed by atoms with E-state index in [0.29, 0.717) is 19.5 Å². The van der Waals surface area contributed by atoms with Gasteiger partial charge in [0, 0.05) is 24.7 Å². The normalized spacial score (nSPS) is 19.4. The monoisotopic (exact) mass is 383 g/mol. The molecule has 1 aliphatic rings. The Hall–Kier alpha value is -2.73. The molecule has 0 saturated carbocycles. The van der Waals surface area contributed by atoms with Crippen LogP contribution in [-0.2, 0) is 11.2 Å². The van der Waals surface area contributed by atoms with E-state index < -0.39 is 5.82 Å². The molecule has 148 valence electrons. The van der Waals surface area contributed by atoms with Crippen molar-refractivity contribution >= 4 is 11.8 Å². The number of halogens is 1. The molecule has 0 aliphatic carbocycles. The fourth-order valence-corrected chi connectivity index (χ4v) is 3.58. The lowest BCUT2D eigenvalue weighted by atomic mass is 10.1. The number of hydrogen-bond acceptors (Lipinski definition) is 3. The van der Waals surface area contributed by atoms with Crippen molar-refractivity contribution in [3.05, 3.63) is 71.5 Å². The van der Waals surface area contributed by atoms with Gasteiger partial charge in [-0.2, -0.15) is 0 Å². The lowest BCUT2D eigenvalue weighted by Gasteiger charge is -2.18. The molecule has 6 heteroatoms. The molecular weight excluding hydrogens is 357 g/mol. The number of carbonyl (C=O) groups is 2. The van der Waals surface area contributed by atoms with E-state index in [1.807, 2.05) is 30.1 Å². The number of amides is 2. The van der Waals surface area contributed by atoms with Gasteiger partial charge in [-0.05, 0) is 50.1 Å². The number of likely N-dealkylation sites (tertiary alicyclic amines) is 1. The minimum Gasteiger partial charge on any atom is -0.355 e. The third-order valence-corrected chi connectivity index (χ3v) is 5.06. The summed E-state index contributed by atoms with van der Waals surface area (Å²) >= 11 is 0. The van der Waals surface area contributed by atoms with E-state index in [1.54, 1.807) is 6.07 Å². The summed E-state index contributed by atoms with van der Waals surface area (Å²) in [6.45, 7) is 1.21.